The largest absolute Gasteiger partial charge is 0.497 e. The van der Waals surface area contributed by atoms with Gasteiger partial charge in [0.15, 0.2) is 5.13 Å². The number of likely N-dealkylation sites (N-methyl/N-ethyl adjacent to an activating group) is 1. The van der Waals surface area contributed by atoms with E-state index in [1.807, 2.05) is 61.5 Å². The predicted molar refractivity (Wildman–Crippen MR) is 134 cm³/mol. The number of hydrogen-bond donors (Lipinski definition) is 0. The fourth-order valence-electron chi connectivity index (χ4n) is 2.69. The zero-order valence-electron chi connectivity index (χ0n) is 17.1. The number of nitrogens with zero attached hydrogens (tertiary/aromatic N) is 3. The summed E-state index contributed by atoms with van der Waals surface area (Å²) in [6, 6.07) is 13.9. The number of carbonyl (C=O) groups is 1. The number of carbonyl (C=O) groups excluding carboxylic acids is 1. The van der Waals surface area contributed by atoms with Crippen molar-refractivity contribution in [3.05, 3.63) is 46.9 Å². The molecule has 0 atom stereocenters. The first-order valence-corrected chi connectivity index (χ1v) is 11.8. The normalized spacial score (nSPS) is 10.8. The number of halogens is 2. The minimum atomic E-state index is 0. The maximum Gasteiger partial charge on any atom is 0.229 e. The summed E-state index contributed by atoms with van der Waals surface area (Å²) in [5.41, 5.74) is 0.920. The molecule has 0 saturated heterocycles. The third kappa shape index (κ3) is 6.85. The lowest BCUT2D eigenvalue weighted by Crippen LogP contribution is -2.36. The summed E-state index contributed by atoms with van der Waals surface area (Å²) in [5, 5.41) is 0.763. The van der Waals surface area contributed by atoms with Gasteiger partial charge in [-0.05, 0) is 56.6 Å². The van der Waals surface area contributed by atoms with Gasteiger partial charge in [-0.3, -0.25) is 9.69 Å². The van der Waals surface area contributed by atoms with Crippen LogP contribution in [-0.2, 0) is 4.79 Å². The Morgan fingerprint density at radius 1 is 1.17 bits per heavy atom. The Balaban J connectivity index is 0.00000320. The molecule has 9 heteroatoms. The molecule has 0 saturated carbocycles. The zero-order chi connectivity index (χ0) is 20.8. The average molecular weight is 531 g/mol. The van der Waals surface area contributed by atoms with E-state index >= 15 is 0 Å². The number of amides is 1. The monoisotopic (exact) mass is 529 g/mol. The number of hydrogen-bond acceptors (Lipinski definition) is 6. The summed E-state index contributed by atoms with van der Waals surface area (Å²) in [6.45, 7) is 1.41. The summed E-state index contributed by atoms with van der Waals surface area (Å²) < 4.78 is 7.28. The number of aromatic nitrogens is 1. The third-order valence-electron chi connectivity index (χ3n) is 4.29. The Hall–Kier alpha value is -1.32. The van der Waals surface area contributed by atoms with E-state index in [9.17, 15) is 4.79 Å². The molecule has 0 N–H and O–H groups in total. The molecular weight excluding hydrogens is 506 g/mol. The quantitative estimate of drug-likeness (QED) is 0.339. The summed E-state index contributed by atoms with van der Waals surface area (Å²) in [6.07, 6.45) is 0.462. The summed E-state index contributed by atoms with van der Waals surface area (Å²) in [4.78, 5) is 22.8. The SMILES string of the molecule is COc1ccc(SCCC(=O)N(CCN(C)C)c2nc3ccc(Br)cc3s2)cc1.Cl. The maximum absolute atomic E-state index is 13.0. The number of anilines is 1. The molecule has 0 aliphatic heterocycles. The van der Waals surface area contributed by atoms with E-state index in [1.54, 1.807) is 30.2 Å². The highest BCUT2D eigenvalue weighted by Gasteiger charge is 2.20. The molecule has 1 amide bonds. The van der Waals surface area contributed by atoms with Crippen molar-refractivity contribution in [1.29, 1.82) is 0 Å². The Morgan fingerprint density at radius 2 is 1.90 bits per heavy atom. The van der Waals surface area contributed by atoms with Crippen molar-refractivity contribution in [2.24, 2.45) is 0 Å². The lowest BCUT2D eigenvalue weighted by Gasteiger charge is -2.22. The van der Waals surface area contributed by atoms with Crippen molar-refractivity contribution >= 4 is 72.7 Å². The van der Waals surface area contributed by atoms with Gasteiger partial charge in [-0.25, -0.2) is 4.98 Å². The van der Waals surface area contributed by atoms with Gasteiger partial charge in [0.1, 0.15) is 5.75 Å². The van der Waals surface area contributed by atoms with E-state index in [4.69, 9.17) is 9.72 Å². The zero-order valence-corrected chi connectivity index (χ0v) is 21.2. The molecule has 0 unspecified atom stereocenters. The summed E-state index contributed by atoms with van der Waals surface area (Å²) in [7, 11) is 5.68. The van der Waals surface area contributed by atoms with E-state index in [0.717, 1.165) is 42.8 Å². The number of methoxy groups -OCH3 is 1. The molecule has 0 bridgehead atoms. The molecule has 30 heavy (non-hydrogen) atoms. The van der Waals surface area contributed by atoms with Crippen molar-refractivity contribution < 1.29 is 9.53 Å². The minimum Gasteiger partial charge on any atom is -0.497 e. The van der Waals surface area contributed by atoms with Crippen molar-refractivity contribution in [2.75, 3.05) is 44.9 Å². The number of thioether (sulfide) groups is 1. The third-order valence-corrected chi connectivity index (χ3v) is 6.83. The van der Waals surface area contributed by atoms with Crippen LogP contribution < -0.4 is 9.64 Å². The van der Waals surface area contributed by atoms with Gasteiger partial charge in [-0.1, -0.05) is 27.3 Å². The Bertz CT molecular complexity index is 967. The predicted octanol–water partition coefficient (Wildman–Crippen LogP) is 5.57. The van der Waals surface area contributed by atoms with Crippen molar-refractivity contribution in [3.8, 4) is 5.75 Å². The molecule has 3 aromatic rings. The van der Waals surface area contributed by atoms with Crippen LogP contribution in [0.15, 0.2) is 51.8 Å². The van der Waals surface area contributed by atoms with E-state index in [-0.39, 0.29) is 18.3 Å². The van der Waals surface area contributed by atoms with Gasteiger partial charge in [-0.2, -0.15) is 0 Å². The molecule has 0 fully saturated rings. The van der Waals surface area contributed by atoms with Gasteiger partial charge in [0, 0.05) is 34.6 Å². The van der Waals surface area contributed by atoms with E-state index in [0.29, 0.717) is 13.0 Å². The second kappa shape index (κ2) is 11.9. The minimum absolute atomic E-state index is 0. The number of thiazole rings is 1. The van der Waals surface area contributed by atoms with Crippen LogP contribution in [0.25, 0.3) is 10.2 Å². The van der Waals surface area contributed by atoms with Gasteiger partial charge in [0.25, 0.3) is 0 Å². The van der Waals surface area contributed by atoms with Crippen LogP contribution in [0.2, 0.25) is 0 Å². The highest BCUT2D eigenvalue weighted by molar-refractivity contribution is 9.10. The smallest absolute Gasteiger partial charge is 0.229 e. The summed E-state index contributed by atoms with van der Waals surface area (Å²) >= 11 is 6.74. The molecule has 162 valence electrons. The van der Waals surface area contributed by atoms with Crippen molar-refractivity contribution in [3.63, 3.8) is 0 Å². The molecule has 0 spiro atoms. The molecule has 0 aliphatic carbocycles. The standard InChI is InChI=1S/C21H24BrN3O2S2.ClH/c1-24(2)11-12-25(21-23-18-9-4-15(22)14-19(18)29-21)20(26)10-13-28-17-7-5-16(27-3)6-8-17;/h4-9,14H,10-13H2,1-3H3;1H. The highest BCUT2D eigenvalue weighted by atomic mass is 79.9. The molecule has 0 aliphatic rings. The van der Waals surface area contributed by atoms with Crippen LogP contribution in [0.1, 0.15) is 6.42 Å². The molecule has 3 rings (SSSR count). The molecule has 1 heterocycles. The van der Waals surface area contributed by atoms with Crippen LogP contribution in [0, 0.1) is 0 Å². The van der Waals surface area contributed by atoms with Crippen LogP contribution in [0.3, 0.4) is 0 Å². The van der Waals surface area contributed by atoms with Gasteiger partial charge in [-0.15, -0.1) is 24.2 Å². The Kier molecular flexibility index (Phi) is 9.90. The van der Waals surface area contributed by atoms with Crippen LogP contribution in [0.5, 0.6) is 5.75 Å². The first-order chi connectivity index (χ1) is 14.0. The first-order valence-electron chi connectivity index (χ1n) is 9.24. The first kappa shape index (κ1) is 24.9. The lowest BCUT2D eigenvalue weighted by molar-refractivity contribution is -0.118. The fraction of sp³-hybridized carbons (Fsp3) is 0.333. The topological polar surface area (TPSA) is 45.7 Å². The second-order valence-corrected chi connectivity index (χ2v) is 9.82. The molecular formula is C21H25BrClN3O2S2. The van der Waals surface area contributed by atoms with Gasteiger partial charge in [0.2, 0.25) is 5.91 Å². The van der Waals surface area contributed by atoms with Gasteiger partial charge < -0.3 is 9.64 Å². The number of ether oxygens (including phenoxy) is 1. The van der Waals surface area contributed by atoms with E-state index in [2.05, 4.69) is 20.8 Å². The van der Waals surface area contributed by atoms with E-state index in [1.165, 1.54) is 0 Å². The van der Waals surface area contributed by atoms with Gasteiger partial charge >= 0.3 is 0 Å². The van der Waals surface area contributed by atoms with Crippen molar-refractivity contribution in [2.45, 2.75) is 11.3 Å². The summed E-state index contributed by atoms with van der Waals surface area (Å²) in [5.74, 6) is 1.66. The maximum atomic E-state index is 13.0. The Labute approximate surface area is 200 Å². The average Bonchev–Trinajstić information content (AvgIpc) is 3.11. The van der Waals surface area contributed by atoms with Crippen LogP contribution in [-0.4, -0.2) is 55.8 Å². The van der Waals surface area contributed by atoms with E-state index < -0.39 is 0 Å². The lowest BCUT2D eigenvalue weighted by atomic mass is 10.3. The molecule has 2 aromatic carbocycles. The molecule has 5 nitrogen and oxygen atoms in total. The number of rotatable bonds is 9. The van der Waals surface area contributed by atoms with Gasteiger partial charge in [0.05, 0.1) is 17.3 Å². The molecule has 1 aromatic heterocycles. The van der Waals surface area contributed by atoms with Crippen LogP contribution in [0.4, 0.5) is 5.13 Å². The molecule has 0 radical (unpaired) electrons. The number of benzene rings is 2. The van der Waals surface area contributed by atoms with Crippen molar-refractivity contribution in [1.82, 2.24) is 9.88 Å². The fourth-order valence-corrected chi connectivity index (χ4v) is 5.09. The second-order valence-electron chi connectivity index (χ2n) is 6.73. The van der Waals surface area contributed by atoms with Crippen LogP contribution >= 0.6 is 51.4 Å². The Morgan fingerprint density at radius 3 is 2.57 bits per heavy atom. The number of fused-ring (bicyclic) bond motifs is 1. The highest BCUT2D eigenvalue weighted by Crippen LogP contribution is 2.31.